The number of hydrogen-bond donors (Lipinski definition) is 2. The normalized spacial score (nSPS) is 23.1. The lowest BCUT2D eigenvalue weighted by atomic mass is 9.97. The fourth-order valence-electron chi connectivity index (χ4n) is 3.97. The zero-order chi connectivity index (χ0) is 16.8. The lowest BCUT2D eigenvalue weighted by Crippen LogP contribution is -2.38. The van der Waals surface area contributed by atoms with E-state index in [4.69, 9.17) is 0 Å². The highest BCUT2D eigenvalue weighted by Gasteiger charge is 2.21. The van der Waals surface area contributed by atoms with Crippen LogP contribution in [0.3, 0.4) is 0 Å². The fraction of sp³-hybridized carbons (Fsp3) is 0.650. The SMILES string of the molecule is C[C@@H]1CCCN(Cc2ccccc2CNC(=O)C2CCNCC2)C1. The van der Waals surface area contributed by atoms with Crippen LogP contribution in [0.15, 0.2) is 24.3 Å². The Hall–Kier alpha value is -1.39. The number of benzene rings is 1. The molecule has 132 valence electrons. The standard InChI is InChI=1S/C20H31N3O/c1-16-5-4-12-23(14-16)15-19-7-3-2-6-18(19)13-22-20(24)17-8-10-21-11-9-17/h2-3,6-7,16-17,21H,4-5,8-15H2,1H3,(H,22,24)/t16-/m1/s1. The maximum absolute atomic E-state index is 12.4. The molecule has 0 aromatic heterocycles. The molecule has 2 N–H and O–H groups in total. The van der Waals surface area contributed by atoms with Gasteiger partial charge in [0, 0.05) is 25.6 Å². The molecule has 4 heteroatoms. The summed E-state index contributed by atoms with van der Waals surface area (Å²) in [6.45, 7) is 8.31. The monoisotopic (exact) mass is 329 g/mol. The second-order valence-corrected chi connectivity index (χ2v) is 7.49. The minimum atomic E-state index is 0.182. The van der Waals surface area contributed by atoms with Gasteiger partial charge in [0.1, 0.15) is 0 Å². The van der Waals surface area contributed by atoms with Crippen molar-refractivity contribution < 1.29 is 4.79 Å². The van der Waals surface area contributed by atoms with E-state index >= 15 is 0 Å². The van der Waals surface area contributed by atoms with Crippen LogP contribution in [0.25, 0.3) is 0 Å². The van der Waals surface area contributed by atoms with Crippen LogP contribution in [0.4, 0.5) is 0 Å². The Bertz CT molecular complexity index is 539. The molecule has 1 aromatic carbocycles. The topological polar surface area (TPSA) is 44.4 Å². The number of hydrogen-bond acceptors (Lipinski definition) is 3. The zero-order valence-corrected chi connectivity index (χ0v) is 14.9. The minimum absolute atomic E-state index is 0.182. The van der Waals surface area contributed by atoms with Crippen molar-refractivity contribution in [3.8, 4) is 0 Å². The summed E-state index contributed by atoms with van der Waals surface area (Å²) in [6, 6.07) is 8.56. The number of carbonyl (C=O) groups is 1. The number of carbonyl (C=O) groups excluding carboxylic acids is 1. The van der Waals surface area contributed by atoms with Crippen LogP contribution in [-0.2, 0) is 17.9 Å². The van der Waals surface area contributed by atoms with E-state index in [9.17, 15) is 4.79 Å². The van der Waals surface area contributed by atoms with Gasteiger partial charge >= 0.3 is 0 Å². The Labute approximate surface area is 146 Å². The summed E-state index contributed by atoms with van der Waals surface area (Å²) in [5.41, 5.74) is 2.62. The van der Waals surface area contributed by atoms with Crippen molar-refractivity contribution in [3.05, 3.63) is 35.4 Å². The molecule has 2 heterocycles. The maximum Gasteiger partial charge on any atom is 0.223 e. The highest BCUT2D eigenvalue weighted by Crippen LogP contribution is 2.20. The number of likely N-dealkylation sites (tertiary alicyclic amines) is 1. The summed E-state index contributed by atoms with van der Waals surface area (Å²) < 4.78 is 0. The molecule has 0 unspecified atom stereocenters. The molecular formula is C20H31N3O. The molecule has 3 rings (SSSR count). The van der Waals surface area contributed by atoms with Crippen LogP contribution in [-0.4, -0.2) is 37.0 Å². The van der Waals surface area contributed by atoms with Gasteiger partial charge in [0.2, 0.25) is 5.91 Å². The fourth-order valence-corrected chi connectivity index (χ4v) is 3.97. The number of piperidine rings is 2. The molecule has 4 nitrogen and oxygen atoms in total. The minimum Gasteiger partial charge on any atom is -0.352 e. The highest BCUT2D eigenvalue weighted by molar-refractivity contribution is 5.78. The summed E-state index contributed by atoms with van der Waals surface area (Å²) in [4.78, 5) is 14.9. The third-order valence-corrected chi connectivity index (χ3v) is 5.42. The van der Waals surface area contributed by atoms with Gasteiger partial charge in [-0.3, -0.25) is 9.69 Å². The first-order valence-corrected chi connectivity index (χ1v) is 9.50. The molecule has 0 bridgehead atoms. The Kier molecular flexibility index (Phi) is 6.27. The van der Waals surface area contributed by atoms with Crippen molar-refractivity contribution in [2.75, 3.05) is 26.2 Å². The van der Waals surface area contributed by atoms with Crippen molar-refractivity contribution in [1.29, 1.82) is 0 Å². The third kappa shape index (κ3) is 4.81. The lowest BCUT2D eigenvalue weighted by Gasteiger charge is -2.31. The van der Waals surface area contributed by atoms with Crippen molar-refractivity contribution >= 4 is 5.91 Å². The molecule has 1 amide bonds. The van der Waals surface area contributed by atoms with E-state index in [2.05, 4.69) is 46.7 Å². The predicted molar refractivity (Wildman–Crippen MR) is 97.6 cm³/mol. The molecule has 1 atom stereocenters. The maximum atomic E-state index is 12.4. The summed E-state index contributed by atoms with van der Waals surface area (Å²) >= 11 is 0. The largest absolute Gasteiger partial charge is 0.352 e. The first-order chi connectivity index (χ1) is 11.7. The molecule has 2 aliphatic rings. The van der Waals surface area contributed by atoms with Crippen molar-refractivity contribution in [1.82, 2.24) is 15.5 Å². The number of rotatable bonds is 5. The number of nitrogens with zero attached hydrogens (tertiary/aromatic N) is 1. The Morgan fingerprint density at radius 1 is 1.21 bits per heavy atom. The Balaban J connectivity index is 1.56. The van der Waals surface area contributed by atoms with Gasteiger partial charge < -0.3 is 10.6 Å². The number of nitrogens with one attached hydrogen (secondary N) is 2. The average molecular weight is 329 g/mol. The van der Waals surface area contributed by atoms with Gasteiger partial charge in [-0.2, -0.15) is 0 Å². The molecule has 0 radical (unpaired) electrons. The van der Waals surface area contributed by atoms with Crippen LogP contribution >= 0.6 is 0 Å². The van der Waals surface area contributed by atoms with Crippen LogP contribution in [0.5, 0.6) is 0 Å². The van der Waals surface area contributed by atoms with Crippen LogP contribution in [0.1, 0.15) is 43.7 Å². The third-order valence-electron chi connectivity index (χ3n) is 5.42. The highest BCUT2D eigenvalue weighted by atomic mass is 16.1. The molecule has 2 saturated heterocycles. The van der Waals surface area contributed by atoms with E-state index < -0.39 is 0 Å². The summed E-state index contributed by atoms with van der Waals surface area (Å²) in [7, 11) is 0. The van der Waals surface area contributed by atoms with Gasteiger partial charge in [0.15, 0.2) is 0 Å². The second-order valence-electron chi connectivity index (χ2n) is 7.49. The van der Waals surface area contributed by atoms with Gasteiger partial charge in [-0.15, -0.1) is 0 Å². The van der Waals surface area contributed by atoms with E-state index in [1.54, 1.807) is 0 Å². The van der Waals surface area contributed by atoms with Crippen LogP contribution < -0.4 is 10.6 Å². The van der Waals surface area contributed by atoms with Crippen LogP contribution in [0.2, 0.25) is 0 Å². The van der Waals surface area contributed by atoms with E-state index in [0.29, 0.717) is 6.54 Å². The molecule has 1 aromatic rings. The van der Waals surface area contributed by atoms with Crippen LogP contribution in [0, 0.1) is 11.8 Å². The van der Waals surface area contributed by atoms with Gasteiger partial charge in [-0.1, -0.05) is 31.2 Å². The molecule has 0 aliphatic carbocycles. The first kappa shape index (κ1) is 17.4. The van der Waals surface area contributed by atoms with Crippen molar-refractivity contribution in [2.24, 2.45) is 11.8 Å². The van der Waals surface area contributed by atoms with Gasteiger partial charge in [-0.25, -0.2) is 0 Å². The molecule has 2 aliphatic heterocycles. The number of amides is 1. The smallest absolute Gasteiger partial charge is 0.223 e. The van der Waals surface area contributed by atoms with Gasteiger partial charge in [-0.05, 0) is 62.4 Å². The summed E-state index contributed by atoms with van der Waals surface area (Å²) in [5.74, 6) is 1.20. The van der Waals surface area contributed by atoms with Gasteiger partial charge in [0.05, 0.1) is 0 Å². The van der Waals surface area contributed by atoms with E-state index in [1.165, 1.54) is 37.1 Å². The predicted octanol–water partition coefficient (Wildman–Crippen LogP) is 2.53. The molecular weight excluding hydrogens is 298 g/mol. The van der Waals surface area contributed by atoms with Crippen molar-refractivity contribution in [2.45, 2.75) is 45.7 Å². The zero-order valence-electron chi connectivity index (χ0n) is 14.9. The van der Waals surface area contributed by atoms with E-state index in [-0.39, 0.29) is 11.8 Å². The second kappa shape index (κ2) is 8.63. The van der Waals surface area contributed by atoms with E-state index in [1.807, 2.05) is 0 Å². The summed E-state index contributed by atoms with van der Waals surface area (Å²) in [5, 5.41) is 6.49. The molecule has 2 fully saturated rings. The molecule has 24 heavy (non-hydrogen) atoms. The lowest BCUT2D eigenvalue weighted by molar-refractivity contribution is -0.125. The van der Waals surface area contributed by atoms with Crippen molar-refractivity contribution in [3.63, 3.8) is 0 Å². The van der Waals surface area contributed by atoms with E-state index in [0.717, 1.165) is 38.4 Å². The first-order valence-electron chi connectivity index (χ1n) is 9.50. The molecule has 0 spiro atoms. The van der Waals surface area contributed by atoms with Gasteiger partial charge in [0.25, 0.3) is 0 Å². The Morgan fingerprint density at radius 3 is 2.71 bits per heavy atom. The quantitative estimate of drug-likeness (QED) is 0.872. The Morgan fingerprint density at radius 2 is 1.96 bits per heavy atom. The summed E-state index contributed by atoms with van der Waals surface area (Å²) in [6.07, 6.45) is 4.57. The average Bonchev–Trinajstić information content (AvgIpc) is 2.61. The molecule has 0 saturated carbocycles.